The fourth-order valence-corrected chi connectivity index (χ4v) is 5.30. The molecule has 1 aliphatic rings. The van der Waals surface area contributed by atoms with Gasteiger partial charge in [-0.2, -0.15) is 0 Å². The zero-order valence-corrected chi connectivity index (χ0v) is 14.8. The van der Waals surface area contributed by atoms with Crippen molar-refractivity contribution in [3.63, 3.8) is 0 Å². The molecule has 0 saturated carbocycles. The van der Waals surface area contributed by atoms with Crippen molar-refractivity contribution in [1.29, 1.82) is 0 Å². The van der Waals surface area contributed by atoms with Crippen LogP contribution in [0.1, 0.15) is 31.7 Å². The van der Waals surface area contributed by atoms with E-state index in [4.69, 9.17) is 0 Å². The molecule has 1 atom stereocenters. The van der Waals surface area contributed by atoms with E-state index in [-0.39, 0.29) is 23.5 Å². The van der Waals surface area contributed by atoms with Crippen molar-refractivity contribution in [2.24, 2.45) is 0 Å². The lowest BCUT2D eigenvalue weighted by molar-refractivity contribution is -0.132. The molecule has 24 heavy (non-hydrogen) atoms. The maximum Gasteiger partial charge on any atom is 0.222 e. The molecule has 1 aromatic carbocycles. The van der Waals surface area contributed by atoms with Gasteiger partial charge < -0.3 is 9.88 Å². The number of aromatic amines is 1. The number of sulfone groups is 1. The summed E-state index contributed by atoms with van der Waals surface area (Å²) in [4.78, 5) is 17.5. The van der Waals surface area contributed by atoms with E-state index in [0.29, 0.717) is 19.4 Å². The van der Waals surface area contributed by atoms with E-state index >= 15 is 0 Å². The number of benzene rings is 1. The minimum absolute atomic E-state index is 0.0689. The fraction of sp³-hybridized carbons (Fsp3) is 0.500. The van der Waals surface area contributed by atoms with Gasteiger partial charge in [0.25, 0.3) is 0 Å². The van der Waals surface area contributed by atoms with Crippen LogP contribution in [0, 0.1) is 0 Å². The highest BCUT2D eigenvalue weighted by Crippen LogP contribution is 2.21. The largest absolute Gasteiger partial charge is 0.361 e. The number of nitrogens with zero attached hydrogens (tertiary/aromatic N) is 1. The minimum Gasteiger partial charge on any atom is -0.361 e. The van der Waals surface area contributed by atoms with Gasteiger partial charge in [0.05, 0.1) is 11.5 Å². The zero-order chi connectivity index (χ0) is 17.2. The maximum absolute atomic E-state index is 12.5. The van der Waals surface area contributed by atoms with Crippen molar-refractivity contribution in [3.05, 3.63) is 36.0 Å². The first-order valence-corrected chi connectivity index (χ1v) is 10.4. The number of H-pyrrole nitrogens is 1. The number of amides is 1. The summed E-state index contributed by atoms with van der Waals surface area (Å²) in [5, 5.41) is 1.21. The van der Waals surface area contributed by atoms with Gasteiger partial charge in [0.2, 0.25) is 5.91 Å². The Kier molecular flexibility index (Phi) is 4.94. The number of rotatable bonds is 6. The van der Waals surface area contributed by atoms with Gasteiger partial charge in [0.1, 0.15) is 0 Å². The third kappa shape index (κ3) is 3.64. The third-order valence-corrected chi connectivity index (χ3v) is 6.57. The number of carbonyl (C=O) groups is 1. The summed E-state index contributed by atoms with van der Waals surface area (Å²) in [5.41, 5.74) is 2.34. The lowest BCUT2D eigenvalue weighted by Crippen LogP contribution is -2.40. The van der Waals surface area contributed by atoms with Crippen LogP contribution in [0.15, 0.2) is 30.5 Å². The molecule has 2 heterocycles. The number of aryl methyl sites for hydroxylation is 1. The van der Waals surface area contributed by atoms with Crippen LogP contribution in [0.3, 0.4) is 0 Å². The Balaban J connectivity index is 1.56. The maximum atomic E-state index is 12.5. The molecule has 5 nitrogen and oxygen atoms in total. The van der Waals surface area contributed by atoms with Crippen LogP contribution in [0.4, 0.5) is 0 Å². The van der Waals surface area contributed by atoms with Crippen LogP contribution < -0.4 is 0 Å². The molecule has 0 spiro atoms. The van der Waals surface area contributed by atoms with Gasteiger partial charge in [0, 0.05) is 36.1 Å². The van der Waals surface area contributed by atoms with Crippen LogP contribution in [0.2, 0.25) is 0 Å². The Bertz CT molecular complexity index is 826. The van der Waals surface area contributed by atoms with Crippen molar-refractivity contribution < 1.29 is 13.2 Å². The van der Waals surface area contributed by atoms with Crippen LogP contribution in [-0.2, 0) is 21.1 Å². The smallest absolute Gasteiger partial charge is 0.222 e. The van der Waals surface area contributed by atoms with Crippen molar-refractivity contribution in [1.82, 2.24) is 9.88 Å². The molecule has 130 valence electrons. The van der Waals surface area contributed by atoms with E-state index in [1.54, 1.807) is 4.90 Å². The van der Waals surface area contributed by atoms with E-state index in [9.17, 15) is 13.2 Å². The number of carbonyl (C=O) groups excluding carboxylic acids is 1. The Morgan fingerprint density at radius 3 is 2.83 bits per heavy atom. The standard InChI is InChI=1S/C18H24N2O3S/c1-2-20(15-10-11-24(22,23)13-15)18(21)9-5-6-14-12-19-17-8-4-3-7-16(14)17/h3-4,7-8,12,15,19H,2,5-6,9-11,13H2,1H3/t15-/m1/s1. The molecule has 6 heteroatoms. The first kappa shape index (κ1) is 17.0. The van der Waals surface area contributed by atoms with Crippen LogP contribution >= 0.6 is 0 Å². The summed E-state index contributed by atoms with van der Waals surface area (Å²) >= 11 is 0. The Labute approximate surface area is 143 Å². The normalized spacial score (nSPS) is 19.6. The topological polar surface area (TPSA) is 70.2 Å². The summed E-state index contributed by atoms with van der Waals surface area (Å²) in [6, 6.07) is 8.01. The molecule has 1 fully saturated rings. The molecule has 0 radical (unpaired) electrons. The Morgan fingerprint density at radius 2 is 2.12 bits per heavy atom. The van der Waals surface area contributed by atoms with Crippen molar-refractivity contribution >= 4 is 26.6 Å². The van der Waals surface area contributed by atoms with E-state index in [1.807, 2.05) is 31.3 Å². The fourth-order valence-electron chi connectivity index (χ4n) is 3.57. The van der Waals surface area contributed by atoms with E-state index in [0.717, 1.165) is 18.4 Å². The Morgan fingerprint density at radius 1 is 1.33 bits per heavy atom. The van der Waals surface area contributed by atoms with Gasteiger partial charge >= 0.3 is 0 Å². The summed E-state index contributed by atoms with van der Waals surface area (Å²) in [7, 11) is -2.96. The van der Waals surface area contributed by atoms with E-state index in [1.165, 1.54) is 10.9 Å². The summed E-state index contributed by atoms with van der Waals surface area (Å²) < 4.78 is 23.3. The summed E-state index contributed by atoms with van der Waals surface area (Å²) in [6.45, 7) is 2.49. The highest BCUT2D eigenvalue weighted by molar-refractivity contribution is 7.91. The molecule has 0 unspecified atom stereocenters. The molecule has 1 amide bonds. The monoisotopic (exact) mass is 348 g/mol. The first-order valence-electron chi connectivity index (χ1n) is 8.55. The molecule has 1 N–H and O–H groups in total. The van der Waals surface area contributed by atoms with Crippen LogP contribution in [0.25, 0.3) is 10.9 Å². The molecular weight excluding hydrogens is 324 g/mol. The van der Waals surface area contributed by atoms with E-state index in [2.05, 4.69) is 11.1 Å². The number of nitrogens with one attached hydrogen (secondary N) is 1. The average Bonchev–Trinajstić information content (AvgIpc) is 3.12. The number of fused-ring (bicyclic) bond motifs is 1. The van der Waals surface area contributed by atoms with Gasteiger partial charge in [-0.3, -0.25) is 4.79 Å². The summed E-state index contributed by atoms with van der Waals surface area (Å²) in [5.74, 6) is 0.394. The second-order valence-corrected chi connectivity index (χ2v) is 8.68. The second-order valence-electron chi connectivity index (χ2n) is 6.45. The van der Waals surface area contributed by atoms with Gasteiger partial charge in [-0.1, -0.05) is 18.2 Å². The number of hydrogen-bond donors (Lipinski definition) is 1. The zero-order valence-electron chi connectivity index (χ0n) is 14.0. The average molecular weight is 348 g/mol. The van der Waals surface area contributed by atoms with Crippen molar-refractivity contribution in [3.8, 4) is 0 Å². The minimum atomic E-state index is -2.96. The Hall–Kier alpha value is -1.82. The number of hydrogen-bond acceptors (Lipinski definition) is 3. The van der Waals surface area contributed by atoms with Crippen LogP contribution in [0.5, 0.6) is 0 Å². The van der Waals surface area contributed by atoms with Gasteiger partial charge in [-0.05, 0) is 37.8 Å². The second kappa shape index (κ2) is 6.97. The highest BCUT2D eigenvalue weighted by atomic mass is 32.2. The lowest BCUT2D eigenvalue weighted by atomic mass is 10.1. The van der Waals surface area contributed by atoms with Gasteiger partial charge in [0.15, 0.2) is 9.84 Å². The van der Waals surface area contributed by atoms with Crippen molar-refractivity contribution in [2.45, 2.75) is 38.6 Å². The first-order chi connectivity index (χ1) is 11.5. The molecule has 1 aromatic heterocycles. The molecule has 2 aromatic rings. The lowest BCUT2D eigenvalue weighted by Gasteiger charge is -2.26. The highest BCUT2D eigenvalue weighted by Gasteiger charge is 2.33. The molecule has 1 saturated heterocycles. The quantitative estimate of drug-likeness (QED) is 0.872. The molecular formula is C18H24N2O3S. The van der Waals surface area contributed by atoms with Crippen LogP contribution in [-0.4, -0.2) is 48.3 Å². The SMILES string of the molecule is CCN(C(=O)CCCc1c[nH]c2ccccc12)[C@@H]1CCS(=O)(=O)C1. The molecule has 3 rings (SSSR count). The third-order valence-electron chi connectivity index (χ3n) is 4.82. The summed E-state index contributed by atoms with van der Waals surface area (Å²) in [6.07, 6.45) is 4.66. The number of aromatic nitrogens is 1. The predicted octanol–water partition coefficient (Wildman–Crippen LogP) is 2.53. The van der Waals surface area contributed by atoms with Gasteiger partial charge in [-0.25, -0.2) is 8.42 Å². The number of para-hydroxylation sites is 1. The van der Waals surface area contributed by atoms with Crippen molar-refractivity contribution in [2.75, 3.05) is 18.1 Å². The predicted molar refractivity (Wildman–Crippen MR) is 95.7 cm³/mol. The van der Waals surface area contributed by atoms with E-state index < -0.39 is 9.84 Å². The molecule has 0 bridgehead atoms. The van der Waals surface area contributed by atoms with Gasteiger partial charge in [-0.15, -0.1) is 0 Å². The molecule has 0 aliphatic carbocycles. The molecule has 1 aliphatic heterocycles.